The highest BCUT2D eigenvalue weighted by molar-refractivity contribution is 5.96. The molecule has 2 aromatic rings. The molecule has 0 spiro atoms. The number of anilines is 1. The van der Waals surface area contributed by atoms with Crippen molar-refractivity contribution in [3.63, 3.8) is 0 Å². The number of carbonyl (C=O) groups is 1. The molecule has 0 radical (unpaired) electrons. The van der Waals surface area contributed by atoms with Crippen LogP contribution >= 0.6 is 0 Å². The summed E-state index contributed by atoms with van der Waals surface area (Å²) >= 11 is 0. The zero-order valence-electron chi connectivity index (χ0n) is 11.6. The van der Waals surface area contributed by atoms with Crippen molar-refractivity contribution < 1.29 is 9.53 Å². The summed E-state index contributed by atoms with van der Waals surface area (Å²) in [6.45, 7) is 1.91. The number of amides is 1. The van der Waals surface area contributed by atoms with Crippen molar-refractivity contribution in [2.75, 3.05) is 12.4 Å². The number of nitrogens with one attached hydrogen (secondary N) is 1. The lowest BCUT2D eigenvalue weighted by molar-refractivity contribution is -0.117. The van der Waals surface area contributed by atoms with E-state index in [2.05, 4.69) is 5.32 Å². The van der Waals surface area contributed by atoms with Crippen LogP contribution < -0.4 is 15.8 Å². The number of benzene rings is 2. The molecule has 4 nitrogen and oxygen atoms in total. The number of carbonyl (C=O) groups excluding carboxylic acids is 1. The molecule has 20 heavy (non-hydrogen) atoms. The molecule has 1 amide bonds. The predicted octanol–water partition coefficient (Wildman–Crippen LogP) is 2.64. The van der Waals surface area contributed by atoms with Gasteiger partial charge in [-0.1, -0.05) is 30.3 Å². The number of nitrogens with two attached hydrogens (primary N) is 1. The predicted molar refractivity (Wildman–Crippen MR) is 79.7 cm³/mol. The van der Waals surface area contributed by atoms with Gasteiger partial charge in [-0.2, -0.15) is 0 Å². The fraction of sp³-hybridized carbons (Fsp3) is 0.188. The molecule has 0 bridgehead atoms. The Kier molecular flexibility index (Phi) is 4.38. The summed E-state index contributed by atoms with van der Waals surface area (Å²) in [5.41, 5.74) is 8.41. The van der Waals surface area contributed by atoms with E-state index in [9.17, 15) is 4.79 Å². The second kappa shape index (κ2) is 6.21. The van der Waals surface area contributed by atoms with Crippen molar-refractivity contribution in [3.8, 4) is 5.75 Å². The Morgan fingerprint density at radius 1 is 1.20 bits per heavy atom. The lowest BCUT2D eigenvalue weighted by atomic mass is 10.1. The van der Waals surface area contributed by atoms with Crippen LogP contribution in [-0.4, -0.2) is 13.0 Å². The minimum atomic E-state index is -0.683. The topological polar surface area (TPSA) is 64.3 Å². The van der Waals surface area contributed by atoms with Gasteiger partial charge in [0.2, 0.25) is 5.91 Å². The summed E-state index contributed by atoms with van der Waals surface area (Å²) in [4.78, 5) is 12.2. The first-order valence-electron chi connectivity index (χ1n) is 6.38. The van der Waals surface area contributed by atoms with Gasteiger partial charge >= 0.3 is 0 Å². The Morgan fingerprint density at radius 3 is 2.50 bits per heavy atom. The summed E-state index contributed by atoms with van der Waals surface area (Å²) in [7, 11) is 1.61. The highest BCUT2D eigenvalue weighted by Gasteiger charge is 2.16. The minimum Gasteiger partial charge on any atom is -0.497 e. The van der Waals surface area contributed by atoms with E-state index in [0.717, 1.165) is 22.6 Å². The van der Waals surface area contributed by atoms with Crippen LogP contribution in [0, 0.1) is 6.92 Å². The van der Waals surface area contributed by atoms with Crippen LogP contribution in [0.4, 0.5) is 5.69 Å². The van der Waals surface area contributed by atoms with Gasteiger partial charge in [-0.15, -0.1) is 0 Å². The molecular formula is C16H18N2O2. The lowest BCUT2D eigenvalue weighted by Gasteiger charge is -2.14. The number of hydrogen-bond donors (Lipinski definition) is 2. The van der Waals surface area contributed by atoms with Crippen LogP contribution in [0.2, 0.25) is 0 Å². The average molecular weight is 270 g/mol. The molecule has 2 rings (SSSR count). The molecule has 104 valence electrons. The van der Waals surface area contributed by atoms with Crippen LogP contribution in [0.3, 0.4) is 0 Å². The van der Waals surface area contributed by atoms with Gasteiger partial charge in [0, 0.05) is 5.69 Å². The Bertz CT molecular complexity index is 597. The smallest absolute Gasteiger partial charge is 0.245 e. The van der Waals surface area contributed by atoms with E-state index in [1.165, 1.54) is 0 Å². The largest absolute Gasteiger partial charge is 0.497 e. The third-order valence-corrected chi connectivity index (χ3v) is 3.13. The molecule has 0 fully saturated rings. The fourth-order valence-electron chi connectivity index (χ4n) is 1.93. The fourth-order valence-corrected chi connectivity index (χ4v) is 1.93. The Labute approximate surface area is 118 Å². The highest BCUT2D eigenvalue weighted by Crippen LogP contribution is 2.22. The third-order valence-electron chi connectivity index (χ3n) is 3.13. The van der Waals surface area contributed by atoms with Crippen LogP contribution in [0.5, 0.6) is 5.75 Å². The first kappa shape index (κ1) is 14.1. The van der Waals surface area contributed by atoms with Gasteiger partial charge in [-0.3, -0.25) is 4.79 Å². The maximum Gasteiger partial charge on any atom is 0.245 e. The van der Waals surface area contributed by atoms with Gasteiger partial charge < -0.3 is 15.8 Å². The normalized spacial score (nSPS) is 11.8. The molecule has 2 aromatic carbocycles. The number of methoxy groups -OCH3 is 1. The van der Waals surface area contributed by atoms with E-state index >= 15 is 0 Å². The average Bonchev–Trinajstić information content (AvgIpc) is 2.49. The molecule has 3 N–H and O–H groups in total. The number of hydrogen-bond acceptors (Lipinski definition) is 3. The molecule has 0 aliphatic heterocycles. The zero-order chi connectivity index (χ0) is 14.5. The van der Waals surface area contributed by atoms with E-state index in [1.807, 2.05) is 49.4 Å². The second-order valence-electron chi connectivity index (χ2n) is 4.56. The van der Waals surface area contributed by atoms with E-state index in [1.54, 1.807) is 13.2 Å². The highest BCUT2D eigenvalue weighted by atomic mass is 16.5. The van der Waals surface area contributed by atoms with E-state index in [0.29, 0.717) is 0 Å². The molecule has 0 aliphatic carbocycles. The molecule has 0 unspecified atom stereocenters. The van der Waals surface area contributed by atoms with Gasteiger partial charge in [0.05, 0.1) is 7.11 Å². The summed E-state index contributed by atoms with van der Waals surface area (Å²) in [6, 6.07) is 14.1. The molecule has 0 aliphatic rings. The Hall–Kier alpha value is -2.33. The van der Waals surface area contributed by atoms with Gasteiger partial charge in [-0.05, 0) is 36.2 Å². The van der Waals surface area contributed by atoms with Crippen molar-refractivity contribution in [2.24, 2.45) is 5.73 Å². The standard InChI is InChI=1S/C16H18N2O2/c1-11-10-13(20-2)8-9-14(11)18-16(19)15(17)12-6-4-3-5-7-12/h3-10,15H,17H2,1-2H3,(H,18,19)/t15-/m0/s1. The Balaban J connectivity index is 2.12. The van der Waals surface area contributed by atoms with Crippen molar-refractivity contribution in [3.05, 3.63) is 59.7 Å². The molecule has 4 heteroatoms. The second-order valence-corrected chi connectivity index (χ2v) is 4.56. The molecule has 1 atom stereocenters. The first-order valence-corrected chi connectivity index (χ1v) is 6.38. The SMILES string of the molecule is COc1ccc(NC(=O)[C@@H](N)c2ccccc2)c(C)c1. The summed E-state index contributed by atoms with van der Waals surface area (Å²) in [6.07, 6.45) is 0. The van der Waals surface area contributed by atoms with Crippen LogP contribution in [0.1, 0.15) is 17.2 Å². The van der Waals surface area contributed by atoms with E-state index in [4.69, 9.17) is 10.5 Å². The van der Waals surface area contributed by atoms with E-state index < -0.39 is 6.04 Å². The van der Waals surface area contributed by atoms with Gasteiger partial charge in [-0.25, -0.2) is 0 Å². The summed E-state index contributed by atoms with van der Waals surface area (Å²) < 4.78 is 5.13. The van der Waals surface area contributed by atoms with Crippen molar-refractivity contribution >= 4 is 11.6 Å². The molecule has 0 saturated carbocycles. The van der Waals surface area contributed by atoms with Crippen molar-refractivity contribution in [2.45, 2.75) is 13.0 Å². The maximum absolute atomic E-state index is 12.2. The monoisotopic (exact) mass is 270 g/mol. The van der Waals surface area contributed by atoms with Gasteiger partial charge in [0.15, 0.2) is 0 Å². The summed E-state index contributed by atoms with van der Waals surface area (Å²) in [5.74, 6) is 0.525. The minimum absolute atomic E-state index is 0.232. The Morgan fingerprint density at radius 2 is 1.90 bits per heavy atom. The van der Waals surface area contributed by atoms with Gasteiger partial charge in [0.1, 0.15) is 11.8 Å². The number of ether oxygens (including phenoxy) is 1. The number of rotatable bonds is 4. The molecule has 0 saturated heterocycles. The van der Waals surface area contributed by atoms with E-state index in [-0.39, 0.29) is 5.91 Å². The molecule has 0 aromatic heterocycles. The zero-order valence-corrected chi connectivity index (χ0v) is 11.6. The molecule has 0 heterocycles. The van der Waals surface area contributed by atoms with Crippen LogP contribution in [0.25, 0.3) is 0 Å². The quantitative estimate of drug-likeness (QED) is 0.897. The van der Waals surface area contributed by atoms with Crippen molar-refractivity contribution in [1.82, 2.24) is 0 Å². The third kappa shape index (κ3) is 3.16. The lowest BCUT2D eigenvalue weighted by Crippen LogP contribution is -2.27. The maximum atomic E-state index is 12.2. The van der Waals surface area contributed by atoms with Crippen molar-refractivity contribution in [1.29, 1.82) is 0 Å². The van der Waals surface area contributed by atoms with Crippen LogP contribution in [-0.2, 0) is 4.79 Å². The number of aryl methyl sites for hydroxylation is 1. The first-order chi connectivity index (χ1) is 9.61. The van der Waals surface area contributed by atoms with Crippen LogP contribution in [0.15, 0.2) is 48.5 Å². The van der Waals surface area contributed by atoms with Gasteiger partial charge in [0.25, 0.3) is 0 Å². The molecular weight excluding hydrogens is 252 g/mol. The summed E-state index contributed by atoms with van der Waals surface area (Å²) in [5, 5.41) is 2.84.